The highest BCUT2D eigenvalue weighted by Crippen LogP contribution is 2.10. The highest BCUT2D eigenvalue weighted by molar-refractivity contribution is 5.95. The van der Waals surface area contributed by atoms with Gasteiger partial charge in [-0.25, -0.2) is 4.79 Å². The number of carbonyl (C=O) groups is 3. The van der Waals surface area contributed by atoms with E-state index in [-0.39, 0.29) is 24.5 Å². The molecule has 1 aromatic rings. The Bertz CT molecular complexity index is 570. The minimum absolute atomic E-state index is 0.0281. The molecule has 1 rings (SSSR count). The molecule has 0 bridgehead atoms. The third-order valence-electron chi connectivity index (χ3n) is 3.32. The lowest BCUT2D eigenvalue weighted by Crippen LogP contribution is -2.34. The first-order valence-corrected chi connectivity index (χ1v) is 8.02. The Morgan fingerprint density at radius 1 is 1.12 bits per heavy atom. The Hall–Kier alpha value is -2.57. The van der Waals surface area contributed by atoms with Crippen LogP contribution >= 0.6 is 0 Å². The lowest BCUT2D eigenvalue weighted by atomic mass is 10.0. The van der Waals surface area contributed by atoms with Crippen molar-refractivity contribution in [3.63, 3.8) is 0 Å². The number of aliphatic carboxylic acids is 1. The molecule has 3 amide bonds. The molecule has 0 fully saturated rings. The number of nitrogens with one attached hydrogen (secondary N) is 3. The first-order chi connectivity index (χ1) is 11.3. The Balaban J connectivity index is 2.57. The summed E-state index contributed by atoms with van der Waals surface area (Å²) in [5.41, 5.74) is 0.976. The van der Waals surface area contributed by atoms with Crippen LogP contribution in [0.15, 0.2) is 24.3 Å². The predicted molar refractivity (Wildman–Crippen MR) is 92.1 cm³/mol. The second-order valence-corrected chi connectivity index (χ2v) is 5.86. The Labute approximate surface area is 141 Å². The van der Waals surface area contributed by atoms with Gasteiger partial charge in [-0.2, -0.15) is 0 Å². The van der Waals surface area contributed by atoms with E-state index in [1.807, 2.05) is 20.8 Å². The summed E-state index contributed by atoms with van der Waals surface area (Å²) in [5.74, 6) is -1.83. The number of carboxylic acid groups (broad SMARTS) is 1. The molecular weight excluding hydrogens is 310 g/mol. The number of hydrogen-bond donors (Lipinski definition) is 4. The van der Waals surface area contributed by atoms with Gasteiger partial charge in [-0.3, -0.25) is 9.59 Å². The van der Waals surface area contributed by atoms with Gasteiger partial charge >= 0.3 is 12.0 Å². The quantitative estimate of drug-likeness (QED) is 0.585. The number of carbonyl (C=O) groups excluding carboxylic acids is 2. The monoisotopic (exact) mass is 335 g/mol. The molecule has 1 unspecified atom stereocenters. The van der Waals surface area contributed by atoms with Gasteiger partial charge in [0.05, 0.1) is 5.92 Å². The van der Waals surface area contributed by atoms with Crippen molar-refractivity contribution in [1.29, 1.82) is 0 Å². The lowest BCUT2D eigenvalue weighted by Gasteiger charge is -2.13. The van der Waals surface area contributed by atoms with Gasteiger partial charge in [-0.15, -0.1) is 0 Å². The van der Waals surface area contributed by atoms with E-state index in [0.29, 0.717) is 17.7 Å². The van der Waals surface area contributed by atoms with Crippen LogP contribution in [-0.2, 0) is 4.79 Å². The number of benzene rings is 1. The van der Waals surface area contributed by atoms with Crippen LogP contribution in [0, 0.1) is 5.92 Å². The number of rotatable bonds is 8. The van der Waals surface area contributed by atoms with Gasteiger partial charge in [-0.1, -0.05) is 13.3 Å². The standard InChI is InChI=1S/C17H25N3O4/c1-4-5-13(16(22)23)10-18-15(21)12-6-8-14(9-7-12)20-17(24)19-11(2)3/h6-9,11,13H,4-5,10H2,1-3H3,(H,18,21)(H,22,23)(H2,19,20,24). The molecule has 0 saturated heterocycles. The van der Waals surface area contributed by atoms with Crippen molar-refractivity contribution in [3.8, 4) is 0 Å². The maximum Gasteiger partial charge on any atom is 0.319 e. The fourth-order valence-corrected chi connectivity index (χ4v) is 2.11. The summed E-state index contributed by atoms with van der Waals surface area (Å²) in [6, 6.07) is 6.11. The van der Waals surface area contributed by atoms with Crippen molar-refractivity contribution in [1.82, 2.24) is 10.6 Å². The topological polar surface area (TPSA) is 108 Å². The predicted octanol–water partition coefficient (Wildman–Crippen LogP) is 2.45. The summed E-state index contributed by atoms with van der Waals surface area (Å²) in [6.45, 7) is 5.71. The fourth-order valence-electron chi connectivity index (χ4n) is 2.11. The number of anilines is 1. The largest absolute Gasteiger partial charge is 0.481 e. The molecule has 1 atom stereocenters. The van der Waals surface area contributed by atoms with Gasteiger partial charge in [0.2, 0.25) is 0 Å². The molecule has 24 heavy (non-hydrogen) atoms. The van der Waals surface area contributed by atoms with Crippen LogP contribution in [0.1, 0.15) is 44.0 Å². The number of amides is 3. The molecule has 4 N–H and O–H groups in total. The molecule has 0 aliphatic heterocycles. The van der Waals surface area contributed by atoms with Crippen molar-refractivity contribution in [2.75, 3.05) is 11.9 Å². The van der Waals surface area contributed by atoms with Crippen molar-refractivity contribution in [3.05, 3.63) is 29.8 Å². The van der Waals surface area contributed by atoms with Crippen LogP contribution in [-0.4, -0.2) is 35.6 Å². The SMILES string of the molecule is CCCC(CNC(=O)c1ccc(NC(=O)NC(C)C)cc1)C(=O)O. The second kappa shape index (κ2) is 9.54. The summed E-state index contributed by atoms with van der Waals surface area (Å²) in [6.07, 6.45) is 1.26. The highest BCUT2D eigenvalue weighted by atomic mass is 16.4. The molecule has 0 radical (unpaired) electrons. The van der Waals surface area contributed by atoms with E-state index in [9.17, 15) is 14.4 Å². The highest BCUT2D eigenvalue weighted by Gasteiger charge is 2.17. The first kappa shape index (κ1) is 19.5. The average Bonchev–Trinajstić information content (AvgIpc) is 2.50. The maximum absolute atomic E-state index is 12.1. The van der Waals surface area contributed by atoms with Crippen LogP contribution in [0.25, 0.3) is 0 Å². The minimum Gasteiger partial charge on any atom is -0.481 e. The molecule has 7 nitrogen and oxygen atoms in total. The molecule has 0 saturated carbocycles. The minimum atomic E-state index is -0.909. The molecule has 132 valence electrons. The summed E-state index contributed by atoms with van der Waals surface area (Å²) in [4.78, 5) is 34.7. The van der Waals surface area contributed by atoms with Crippen LogP contribution in [0.3, 0.4) is 0 Å². The third kappa shape index (κ3) is 6.68. The fraction of sp³-hybridized carbons (Fsp3) is 0.471. The summed E-state index contributed by atoms with van der Waals surface area (Å²) in [5, 5.41) is 17.1. The van der Waals surface area contributed by atoms with Gasteiger partial charge in [0.15, 0.2) is 0 Å². The summed E-state index contributed by atoms with van der Waals surface area (Å²) in [7, 11) is 0. The molecule has 0 heterocycles. The smallest absolute Gasteiger partial charge is 0.319 e. The van der Waals surface area contributed by atoms with E-state index < -0.39 is 11.9 Å². The average molecular weight is 335 g/mol. The molecule has 0 spiro atoms. The van der Waals surface area contributed by atoms with Gasteiger partial charge < -0.3 is 21.1 Å². The number of carboxylic acids is 1. The molecule has 0 aliphatic carbocycles. The van der Waals surface area contributed by atoms with E-state index in [0.717, 1.165) is 6.42 Å². The number of hydrogen-bond acceptors (Lipinski definition) is 3. The van der Waals surface area contributed by atoms with E-state index in [2.05, 4.69) is 16.0 Å². The van der Waals surface area contributed by atoms with Crippen molar-refractivity contribution in [2.24, 2.45) is 5.92 Å². The normalized spacial score (nSPS) is 11.7. The molecule has 0 aliphatic rings. The van der Waals surface area contributed by atoms with E-state index in [4.69, 9.17) is 5.11 Å². The molecule has 7 heteroatoms. The molecular formula is C17H25N3O4. The zero-order chi connectivity index (χ0) is 18.1. The zero-order valence-electron chi connectivity index (χ0n) is 14.3. The first-order valence-electron chi connectivity index (χ1n) is 8.02. The van der Waals surface area contributed by atoms with E-state index in [1.54, 1.807) is 24.3 Å². The lowest BCUT2D eigenvalue weighted by molar-refractivity contribution is -0.141. The second-order valence-electron chi connectivity index (χ2n) is 5.86. The van der Waals surface area contributed by atoms with Crippen LogP contribution in [0.5, 0.6) is 0 Å². The van der Waals surface area contributed by atoms with Gasteiger partial charge in [-0.05, 0) is 44.5 Å². The van der Waals surface area contributed by atoms with Crippen molar-refractivity contribution < 1.29 is 19.5 Å². The van der Waals surface area contributed by atoms with Crippen LogP contribution in [0.4, 0.5) is 10.5 Å². The Kier molecular flexibility index (Phi) is 7.74. The van der Waals surface area contributed by atoms with Gasteiger partial charge in [0, 0.05) is 23.8 Å². The molecule has 1 aromatic carbocycles. The maximum atomic E-state index is 12.1. The van der Waals surface area contributed by atoms with E-state index in [1.165, 1.54) is 0 Å². The van der Waals surface area contributed by atoms with E-state index >= 15 is 0 Å². The van der Waals surface area contributed by atoms with Crippen LogP contribution < -0.4 is 16.0 Å². The Morgan fingerprint density at radius 2 is 1.75 bits per heavy atom. The Morgan fingerprint density at radius 3 is 2.25 bits per heavy atom. The van der Waals surface area contributed by atoms with Gasteiger partial charge in [0.1, 0.15) is 0 Å². The van der Waals surface area contributed by atoms with Crippen molar-refractivity contribution in [2.45, 2.75) is 39.7 Å². The van der Waals surface area contributed by atoms with Crippen LogP contribution in [0.2, 0.25) is 0 Å². The summed E-state index contributed by atoms with van der Waals surface area (Å²) >= 11 is 0. The van der Waals surface area contributed by atoms with Gasteiger partial charge in [0.25, 0.3) is 5.91 Å². The van der Waals surface area contributed by atoms with Crippen molar-refractivity contribution >= 4 is 23.6 Å². The number of urea groups is 1. The third-order valence-corrected chi connectivity index (χ3v) is 3.32. The molecule has 0 aromatic heterocycles. The summed E-state index contributed by atoms with van der Waals surface area (Å²) < 4.78 is 0. The zero-order valence-corrected chi connectivity index (χ0v) is 14.3.